The lowest BCUT2D eigenvalue weighted by Crippen LogP contribution is -2.30. The van der Waals surface area contributed by atoms with Crippen molar-refractivity contribution in [2.45, 2.75) is 69.9 Å². The highest BCUT2D eigenvalue weighted by Crippen LogP contribution is 2.34. The highest BCUT2D eigenvalue weighted by molar-refractivity contribution is 7.94. The molecule has 0 amide bonds. The van der Waals surface area contributed by atoms with Gasteiger partial charge in [0, 0.05) is 12.1 Å². The van der Waals surface area contributed by atoms with Crippen LogP contribution in [0.2, 0.25) is 0 Å². The molecule has 0 heterocycles. The molecule has 2 aliphatic carbocycles. The molecule has 24 heavy (non-hydrogen) atoms. The second-order valence-corrected chi connectivity index (χ2v) is 8.98. The zero-order chi connectivity index (χ0) is 18.4. The van der Waals surface area contributed by atoms with E-state index in [1.54, 1.807) is 0 Å². The Morgan fingerprint density at radius 1 is 0.708 bits per heavy atom. The Morgan fingerprint density at radius 3 is 1.21 bits per heavy atom. The Labute approximate surface area is 144 Å². The molecule has 0 unspecified atom stereocenters. The van der Waals surface area contributed by atoms with E-state index in [1.165, 1.54) is 57.8 Å². The molecule has 9 nitrogen and oxygen atoms in total. The third kappa shape index (κ3) is 10.5. The van der Waals surface area contributed by atoms with Crippen molar-refractivity contribution in [2.24, 2.45) is 23.3 Å². The maximum absolute atomic E-state index is 9.44. The van der Waals surface area contributed by atoms with Crippen LogP contribution >= 0.6 is 0 Å². The number of nitrogens with two attached hydrogens (primary N) is 2. The van der Waals surface area contributed by atoms with Crippen LogP contribution in [0.15, 0.2) is 0 Å². The van der Waals surface area contributed by atoms with E-state index in [4.69, 9.17) is 20.6 Å². The van der Waals surface area contributed by atoms with E-state index < -0.39 is 20.8 Å². The van der Waals surface area contributed by atoms with Crippen molar-refractivity contribution >= 4 is 20.8 Å². The van der Waals surface area contributed by atoms with E-state index in [1.807, 2.05) is 0 Å². The van der Waals surface area contributed by atoms with Crippen molar-refractivity contribution in [3.63, 3.8) is 0 Å². The molecule has 0 aromatic carbocycles. The first-order valence-electron chi connectivity index (χ1n) is 8.11. The van der Waals surface area contributed by atoms with E-state index in [9.17, 15) is 16.8 Å². The number of rotatable bonds is 4. The summed E-state index contributed by atoms with van der Waals surface area (Å²) >= 11 is 0. The summed E-state index contributed by atoms with van der Waals surface area (Å²) in [5.74, 6) is 1.95. The summed E-state index contributed by atoms with van der Waals surface area (Å²) in [4.78, 5) is 0. The van der Waals surface area contributed by atoms with Gasteiger partial charge in [0.1, 0.15) is 0 Å². The normalized spacial score (nSPS) is 31.8. The molecule has 2 saturated carbocycles. The molecule has 2 rings (SSSR count). The summed E-state index contributed by atoms with van der Waals surface area (Å²) in [5.41, 5.74) is 11.9. The first-order chi connectivity index (χ1) is 10.9. The minimum atomic E-state index is -5.12. The maximum Gasteiger partial charge on any atom is 0.413 e. The van der Waals surface area contributed by atoms with Crippen LogP contribution in [0.1, 0.15) is 57.8 Å². The van der Waals surface area contributed by atoms with Gasteiger partial charge in [0.05, 0.1) is 0 Å². The molecule has 0 aliphatic heterocycles. The predicted molar refractivity (Wildman–Crippen MR) is 88.7 cm³/mol. The molecule has 0 radical (unpaired) electrons. The average Bonchev–Trinajstić information content (AvgIpc) is 2.40. The van der Waals surface area contributed by atoms with Crippen molar-refractivity contribution in [2.75, 3.05) is 0 Å². The second-order valence-electron chi connectivity index (χ2n) is 6.72. The van der Waals surface area contributed by atoms with E-state index in [0.29, 0.717) is 12.1 Å². The van der Waals surface area contributed by atoms with Gasteiger partial charge in [0.15, 0.2) is 0 Å². The van der Waals surface area contributed by atoms with E-state index in [2.05, 4.69) is 3.63 Å². The van der Waals surface area contributed by atoms with Crippen LogP contribution in [0.4, 0.5) is 0 Å². The molecule has 6 N–H and O–H groups in total. The molecule has 0 atom stereocenters. The summed E-state index contributed by atoms with van der Waals surface area (Å²) in [6, 6.07) is 1.00. The molecule has 0 spiro atoms. The first kappa shape index (κ1) is 21.7. The topological polar surface area (TPSA) is 170 Å². The number of hydrogen-bond acceptors (Lipinski definition) is 7. The monoisotopic (exact) mass is 388 g/mol. The smallest absolute Gasteiger partial charge is 0.328 e. The van der Waals surface area contributed by atoms with Crippen LogP contribution < -0.4 is 11.5 Å². The molecule has 0 saturated heterocycles. The lowest BCUT2D eigenvalue weighted by Gasteiger charge is -2.32. The maximum atomic E-state index is 9.44. The zero-order valence-corrected chi connectivity index (χ0v) is 15.2. The third-order valence-electron chi connectivity index (χ3n) is 4.62. The SMILES string of the molecule is NC1CCC(CC2CCC(N)CC2)CC1.O=S(=O)(O)OS(=O)(=O)O. The molecular weight excluding hydrogens is 360 g/mol. The van der Waals surface area contributed by atoms with Gasteiger partial charge in [-0.2, -0.15) is 16.8 Å². The second kappa shape index (κ2) is 9.41. The first-order valence-corrected chi connectivity index (χ1v) is 10.8. The Bertz CT molecular complexity index is 513. The van der Waals surface area contributed by atoms with Gasteiger partial charge in [-0.15, -0.1) is 3.63 Å². The Kier molecular flexibility index (Phi) is 8.53. The Hall–Kier alpha value is -0.300. The van der Waals surface area contributed by atoms with Gasteiger partial charge < -0.3 is 11.5 Å². The number of hydrogen-bond donors (Lipinski definition) is 4. The minimum absolute atomic E-state index is 0.501. The molecule has 0 aromatic heterocycles. The van der Waals surface area contributed by atoms with Crippen molar-refractivity contribution in [3.05, 3.63) is 0 Å². The molecule has 11 heteroatoms. The fraction of sp³-hybridized carbons (Fsp3) is 1.00. The summed E-state index contributed by atoms with van der Waals surface area (Å²) in [6.45, 7) is 0. The average molecular weight is 389 g/mol. The lowest BCUT2D eigenvalue weighted by atomic mass is 9.76. The van der Waals surface area contributed by atoms with E-state index >= 15 is 0 Å². The van der Waals surface area contributed by atoms with Crippen molar-refractivity contribution in [1.82, 2.24) is 0 Å². The highest BCUT2D eigenvalue weighted by atomic mass is 32.3. The van der Waals surface area contributed by atoms with Crippen LogP contribution in [0.5, 0.6) is 0 Å². The quantitative estimate of drug-likeness (QED) is 0.513. The fourth-order valence-corrected chi connectivity index (χ4v) is 4.30. The van der Waals surface area contributed by atoms with Crippen LogP contribution in [-0.4, -0.2) is 38.0 Å². The van der Waals surface area contributed by atoms with Crippen LogP contribution in [-0.2, 0) is 24.4 Å². The Morgan fingerprint density at radius 2 is 1.00 bits per heavy atom. The highest BCUT2D eigenvalue weighted by Gasteiger charge is 2.24. The largest absolute Gasteiger partial charge is 0.413 e. The molecule has 2 fully saturated rings. The van der Waals surface area contributed by atoms with Crippen LogP contribution in [0, 0.1) is 11.8 Å². The molecule has 0 aromatic rings. The third-order valence-corrected chi connectivity index (χ3v) is 6.00. The summed E-state index contributed by atoms with van der Waals surface area (Å²) in [6.07, 6.45) is 12.0. The van der Waals surface area contributed by atoms with Crippen LogP contribution in [0.25, 0.3) is 0 Å². The Balaban J connectivity index is 0.000000277. The standard InChI is InChI=1S/C13H26N2.H2O7S2/c14-12-5-1-10(2-6-12)9-11-3-7-13(15)8-4-11;1-8(2,3)7-9(4,5)6/h10-13H,1-9,14-15H2;(H,1,2,3)(H,4,5,6). The summed E-state index contributed by atoms with van der Waals surface area (Å²) < 4.78 is 55.6. The minimum Gasteiger partial charge on any atom is -0.328 e. The van der Waals surface area contributed by atoms with Gasteiger partial charge in [-0.25, -0.2) is 0 Å². The van der Waals surface area contributed by atoms with Gasteiger partial charge in [-0.05, 0) is 69.6 Å². The van der Waals surface area contributed by atoms with Crippen LogP contribution in [0.3, 0.4) is 0 Å². The molecule has 2 aliphatic rings. The van der Waals surface area contributed by atoms with Gasteiger partial charge >= 0.3 is 20.8 Å². The van der Waals surface area contributed by atoms with E-state index in [-0.39, 0.29) is 0 Å². The summed E-state index contributed by atoms with van der Waals surface area (Å²) in [5, 5.41) is 0. The fourth-order valence-electron chi connectivity index (χ4n) is 3.43. The van der Waals surface area contributed by atoms with Gasteiger partial charge in [-0.3, -0.25) is 9.11 Å². The van der Waals surface area contributed by atoms with Gasteiger partial charge in [0.2, 0.25) is 0 Å². The van der Waals surface area contributed by atoms with Gasteiger partial charge in [-0.1, -0.05) is 0 Å². The van der Waals surface area contributed by atoms with E-state index in [0.717, 1.165) is 11.8 Å². The summed E-state index contributed by atoms with van der Waals surface area (Å²) in [7, 11) is -10.2. The van der Waals surface area contributed by atoms with Crippen molar-refractivity contribution in [3.8, 4) is 0 Å². The zero-order valence-electron chi connectivity index (χ0n) is 13.6. The molecule has 0 bridgehead atoms. The molecular formula is C13H28N2O7S2. The van der Waals surface area contributed by atoms with Crippen molar-refractivity contribution in [1.29, 1.82) is 0 Å². The lowest BCUT2D eigenvalue weighted by molar-refractivity contribution is 0.225. The van der Waals surface area contributed by atoms with Gasteiger partial charge in [0.25, 0.3) is 0 Å². The predicted octanol–water partition coefficient (Wildman–Crippen LogP) is 1.02. The molecule has 144 valence electrons. The van der Waals surface area contributed by atoms with Crippen molar-refractivity contribution < 1.29 is 29.6 Å².